The normalized spacial score (nSPS) is 12.5. The van der Waals surface area contributed by atoms with Crippen molar-refractivity contribution in [3.05, 3.63) is 48.7 Å². The van der Waals surface area contributed by atoms with Crippen molar-refractivity contribution in [2.45, 2.75) is 9.79 Å². The van der Waals surface area contributed by atoms with Crippen LogP contribution in [0.3, 0.4) is 0 Å². The van der Waals surface area contributed by atoms with Crippen molar-refractivity contribution in [1.29, 1.82) is 0 Å². The maximum Gasteiger partial charge on any atom is 0.240 e. The first-order valence-corrected chi connectivity index (χ1v) is 11.0. The molecule has 1 aromatic heterocycles. The van der Waals surface area contributed by atoms with Gasteiger partial charge in [0.1, 0.15) is 0 Å². The molecule has 0 aliphatic carbocycles. The summed E-state index contributed by atoms with van der Waals surface area (Å²) in [6, 6.07) is 10.9. The predicted molar refractivity (Wildman–Crippen MR) is 102 cm³/mol. The number of nitrogens with two attached hydrogens (primary N) is 1. The first kappa shape index (κ1) is 19.5. The quantitative estimate of drug-likeness (QED) is 0.508. The Morgan fingerprint density at radius 1 is 1.07 bits per heavy atom. The highest BCUT2D eigenvalue weighted by Crippen LogP contribution is 2.33. The molecule has 8 nitrogen and oxygen atoms in total. The Kier molecular flexibility index (Phi) is 5.36. The molecule has 3 rings (SSSR count). The van der Waals surface area contributed by atoms with E-state index < -0.39 is 20.0 Å². The lowest BCUT2D eigenvalue weighted by Crippen LogP contribution is -2.27. The number of para-hydroxylation sites is 1. The fourth-order valence-electron chi connectivity index (χ4n) is 2.81. The lowest BCUT2D eigenvalue weighted by atomic mass is 10.0. The number of benzene rings is 2. The second-order valence-electron chi connectivity index (χ2n) is 5.84. The Morgan fingerprint density at radius 3 is 2.56 bits per heavy atom. The fourth-order valence-corrected chi connectivity index (χ4v) is 4.58. The molecule has 0 aliphatic rings. The number of hydrogen-bond donors (Lipinski definition) is 3. The summed E-state index contributed by atoms with van der Waals surface area (Å²) in [5, 5.41) is 6.21. The molecule has 0 spiro atoms. The minimum atomic E-state index is -4.07. The summed E-state index contributed by atoms with van der Waals surface area (Å²) in [7, 11) is -6.44. The maximum absolute atomic E-state index is 12.5. The molecule has 0 amide bonds. The van der Waals surface area contributed by atoms with Gasteiger partial charge in [-0.3, -0.25) is 0 Å². The third-order valence-corrected chi connectivity index (χ3v) is 6.47. The number of hydrogen-bond acceptors (Lipinski definition) is 5. The molecule has 0 atom stereocenters. The number of aromatic amines is 1. The van der Waals surface area contributed by atoms with Gasteiger partial charge in [-0.1, -0.05) is 18.2 Å². The molecule has 0 bridgehead atoms. The molecule has 0 aliphatic heterocycles. The van der Waals surface area contributed by atoms with Crippen molar-refractivity contribution in [1.82, 2.24) is 9.71 Å². The number of aromatic nitrogens is 1. The van der Waals surface area contributed by atoms with Crippen LogP contribution in [0.15, 0.2) is 58.5 Å². The first-order chi connectivity index (χ1) is 12.7. The number of fused-ring (bicyclic) bond motifs is 1. The van der Waals surface area contributed by atoms with Crippen molar-refractivity contribution in [3.63, 3.8) is 0 Å². The van der Waals surface area contributed by atoms with Gasteiger partial charge in [-0.2, -0.15) is 0 Å². The molecular weight excluding hydrogens is 390 g/mol. The van der Waals surface area contributed by atoms with Crippen LogP contribution in [0.25, 0.3) is 22.0 Å². The van der Waals surface area contributed by atoms with E-state index in [1.807, 2.05) is 12.1 Å². The Hall–Kier alpha value is -2.24. The van der Waals surface area contributed by atoms with Gasteiger partial charge in [0.15, 0.2) is 0 Å². The molecule has 144 valence electrons. The fraction of sp³-hybridized carbons (Fsp3) is 0.176. The predicted octanol–water partition coefficient (Wildman–Crippen LogP) is 1.41. The number of H-pyrrole nitrogens is 1. The van der Waals surface area contributed by atoms with E-state index in [9.17, 15) is 16.8 Å². The topological polar surface area (TPSA) is 131 Å². The second-order valence-corrected chi connectivity index (χ2v) is 9.14. The Balaban J connectivity index is 2.20. The summed E-state index contributed by atoms with van der Waals surface area (Å²) in [6.45, 7) is 0.306. The standard InChI is InChI=1S/C17H19N3O5S2/c1-25-10-9-20-27(23,24)13-5-6-16(26(18,21)22)15(11-13)14-4-2-3-12-7-8-19-17(12)14/h2-8,11,19-20H,9-10H2,1H3,(H2,18,21,22). The van der Waals surface area contributed by atoms with Crippen LogP contribution in [0.5, 0.6) is 0 Å². The van der Waals surface area contributed by atoms with E-state index in [4.69, 9.17) is 9.88 Å². The van der Waals surface area contributed by atoms with Gasteiger partial charge >= 0.3 is 0 Å². The smallest absolute Gasteiger partial charge is 0.240 e. The molecule has 1 heterocycles. The lowest BCUT2D eigenvalue weighted by Gasteiger charge is -2.13. The second kappa shape index (κ2) is 7.41. The largest absolute Gasteiger partial charge is 0.383 e. The Morgan fingerprint density at radius 2 is 1.85 bits per heavy atom. The van der Waals surface area contributed by atoms with Crippen LogP contribution in [0, 0.1) is 0 Å². The Bertz CT molecular complexity index is 1180. The van der Waals surface area contributed by atoms with Gasteiger partial charge < -0.3 is 9.72 Å². The van der Waals surface area contributed by atoms with E-state index in [1.54, 1.807) is 18.3 Å². The monoisotopic (exact) mass is 409 g/mol. The first-order valence-electron chi connectivity index (χ1n) is 7.96. The number of rotatable bonds is 7. The van der Waals surface area contributed by atoms with Gasteiger partial charge in [0.2, 0.25) is 20.0 Å². The van der Waals surface area contributed by atoms with E-state index in [1.165, 1.54) is 25.3 Å². The summed E-state index contributed by atoms with van der Waals surface area (Å²) in [6.07, 6.45) is 1.72. The summed E-state index contributed by atoms with van der Waals surface area (Å²) in [4.78, 5) is 2.83. The van der Waals surface area contributed by atoms with Crippen LogP contribution in [-0.4, -0.2) is 42.1 Å². The molecule has 27 heavy (non-hydrogen) atoms. The highest BCUT2D eigenvalue weighted by Gasteiger charge is 2.22. The van der Waals surface area contributed by atoms with Crippen LogP contribution in [0.4, 0.5) is 0 Å². The zero-order valence-electron chi connectivity index (χ0n) is 14.5. The third kappa shape index (κ3) is 4.04. The van der Waals surface area contributed by atoms with Crippen LogP contribution < -0.4 is 9.86 Å². The average Bonchev–Trinajstić information content (AvgIpc) is 3.09. The zero-order chi connectivity index (χ0) is 19.7. The SMILES string of the molecule is COCCNS(=O)(=O)c1ccc(S(N)(=O)=O)c(-c2cccc3cc[nH]c23)c1. The number of methoxy groups -OCH3 is 1. The molecule has 0 fully saturated rings. The molecule has 2 aromatic carbocycles. The molecule has 0 saturated carbocycles. The van der Waals surface area contributed by atoms with Crippen molar-refractivity contribution in [2.75, 3.05) is 20.3 Å². The number of nitrogens with one attached hydrogen (secondary N) is 2. The van der Waals surface area contributed by atoms with Crippen molar-refractivity contribution >= 4 is 30.9 Å². The van der Waals surface area contributed by atoms with Crippen LogP contribution in [0.2, 0.25) is 0 Å². The van der Waals surface area contributed by atoms with E-state index in [0.29, 0.717) is 11.1 Å². The molecule has 4 N–H and O–H groups in total. The van der Waals surface area contributed by atoms with Gasteiger partial charge in [-0.25, -0.2) is 26.7 Å². The minimum absolute atomic E-state index is 0.0652. The minimum Gasteiger partial charge on any atom is -0.383 e. The molecule has 3 aromatic rings. The van der Waals surface area contributed by atoms with E-state index in [2.05, 4.69) is 9.71 Å². The zero-order valence-corrected chi connectivity index (χ0v) is 16.1. The highest BCUT2D eigenvalue weighted by molar-refractivity contribution is 7.90. The summed E-state index contributed by atoms with van der Waals surface area (Å²) < 4.78 is 56.4. The molecular formula is C17H19N3O5S2. The highest BCUT2D eigenvalue weighted by atomic mass is 32.2. The number of primary sulfonamides is 1. The van der Waals surface area contributed by atoms with Crippen molar-refractivity contribution in [2.24, 2.45) is 5.14 Å². The molecule has 0 saturated heterocycles. The van der Waals surface area contributed by atoms with E-state index in [0.717, 1.165) is 5.39 Å². The molecule has 10 heteroatoms. The van der Waals surface area contributed by atoms with E-state index >= 15 is 0 Å². The Labute approximate surface area is 157 Å². The van der Waals surface area contributed by atoms with E-state index in [-0.39, 0.29) is 28.5 Å². The third-order valence-electron chi connectivity index (χ3n) is 4.04. The van der Waals surface area contributed by atoms with Gasteiger partial charge in [0.25, 0.3) is 0 Å². The number of ether oxygens (including phenoxy) is 1. The average molecular weight is 409 g/mol. The van der Waals surface area contributed by atoms with Crippen LogP contribution >= 0.6 is 0 Å². The number of sulfonamides is 2. The van der Waals surface area contributed by atoms with Crippen LogP contribution in [0.1, 0.15) is 0 Å². The maximum atomic E-state index is 12.5. The summed E-state index contributed by atoms with van der Waals surface area (Å²) in [5.74, 6) is 0. The molecule has 0 radical (unpaired) electrons. The summed E-state index contributed by atoms with van der Waals surface area (Å²) in [5.41, 5.74) is 1.43. The lowest BCUT2D eigenvalue weighted by molar-refractivity contribution is 0.204. The van der Waals surface area contributed by atoms with Gasteiger partial charge in [0, 0.05) is 31.0 Å². The van der Waals surface area contributed by atoms with Gasteiger partial charge in [-0.15, -0.1) is 0 Å². The van der Waals surface area contributed by atoms with Gasteiger partial charge in [-0.05, 0) is 29.7 Å². The van der Waals surface area contributed by atoms with Gasteiger partial charge in [0.05, 0.1) is 21.9 Å². The molecule has 0 unspecified atom stereocenters. The van der Waals surface area contributed by atoms with Crippen molar-refractivity contribution < 1.29 is 21.6 Å². The van der Waals surface area contributed by atoms with Crippen LogP contribution in [-0.2, 0) is 24.8 Å². The van der Waals surface area contributed by atoms with Crippen molar-refractivity contribution in [3.8, 4) is 11.1 Å². The summed E-state index contributed by atoms with van der Waals surface area (Å²) >= 11 is 0.